The number of hydrogen-bond acceptors (Lipinski definition) is 9. The molecule has 2 aliphatic heterocycles. The number of cyclic esters (lactones) is 1. The minimum absolute atomic E-state index is 0. The Bertz CT molecular complexity index is 987. The topological polar surface area (TPSA) is 104 Å². The molecule has 10 heteroatoms. The summed E-state index contributed by atoms with van der Waals surface area (Å²) in [7, 11) is 5.69. The number of methoxy groups -OCH3 is 1. The molecule has 1 radical (unpaired) electrons. The van der Waals surface area contributed by atoms with Gasteiger partial charge in [-0.2, -0.15) is 0 Å². The van der Waals surface area contributed by atoms with Gasteiger partial charge in [-0.05, 0) is 52.8 Å². The predicted molar refractivity (Wildman–Crippen MR) is 171 cm³/mol. The maximum atomic E-state index is 13.2. The van der Waals surface area contributed by atoms with Crippen LogP contribution in [0.3, 0.4) is 0 Å². The Labute approximate surface area is 284 Å². The van der Waals surface area contributed by atoms with Crippen LogP contribution in [0.5, 0.6) is 0 Å². The first-order chi connectivity index (χ1) is 20.7. The number of esters is 1. The second-order valence-corrected chi connectivity index (χ2v) is 13.1. The molecule has 1 saturated heterocycles. The summed E-state index contributed by atoms with van der Waals surface area (Å²) in [6.45, 7) is 19.9. The number of carbonyl (C=O) groups is 2. The van der Waals surface area contributed by atoms with Crippen molar-refractivity contribution in [1.82, 2.24) is 4.90 Å². The number of aliphatic hydroxyl groups is 1. The van der Waals surface area contributed by atoms with Crippen LogP contribution >= 0.6 is 0 Å². The number of ketones is 1. The quantitative estimate of drug-likeness (QED) is 0.156. The number of rotatable bonds is 9. The van der Waals surface area contributed by atoms with E-state index in [0.29, 0.717) is 12.8 Å². The first-order valence-electron chi connectivity index (χ1n) is 16.1. The van der Waals surface area contributed by atoms with Gasteiger partial charge in [-0.3, -0.25) is 9.59 Å². The summed E-state index contributed by atoms with van der Waals surface area (Å²) >= 11 is 0. The third-order valence-corrected chi connectivity index (χ3v) is 9.34. The third-order valence-electron chi connectivity index (χ3n) is 9.34. The molecule has 0 aromatic heterocycles. The van der Waals surface area contributed by atoms with Crippen LogP contribution in [0.4, 0.5) is 0 Å². The number of carbonyl (C=O) groups excluding carboxylic acids is 2. The van der Waals surface area contributed by atoms with Crippen molar-refractivity contribution >= 4 is 11.8 Å². The fourth-order valence-corrected chi connectivity index (χ4v) is 6.59. The molecule has 9 nitrogen and oxygen atoms in total. The fraction of sp³-hybridized carbons (Fsp3) is 0.771. The molecule has 1 N–H and O–H groups in total. The van der Waals surface area contributed by atoms with Crippen LogP contribution in [0.1, 0.15) is 67.7 Å². The maximum absolute atomic E-state index is 13.2. The molecular formula is C35H58NO8Rh-. The van der Waals surface area contributed by atoms with Crippen LogP contribution in [0.15, 0.2) is 29.9 Å². The zero-order valence-corrected chi connectivity index (χ0v) is 30.6. The molecule has 261 valence electrons. The second kappa shape index (κ2) is 20.2. The smallest absolute Gasteiger partial charge is 0.308 e. The van der Waals surface area contributed by atoms with Gasteiger partial charge in [-0.1, -0.05) is 52.3 Å². The number of nitrogens with zero attached hydrogens (tertiary/aromatic N) is 1. The van der Waals surface area contributed by atoms with E-state index >= 15 is 0 Å². The molecule has 45 heavy (non-hydrogen) atoms. The molecule has 1 fully saturated rings. The number of hydrogen-bond donors (Lipinski definition) is 1. The SMILES string of the molecule is [CH-]=CCOC[C@H]1/C=C(C)/C=C/C(=O)[C@H](C)C[C@H](C)[C@H](OC2OC(C)C(C)C(N(C)C)C2OC)[C@@H](C)[C@H](O)CC(=O)O[C@@H]1CC.[Rh]. The van der Waals surface area contributed by atoms with Crippen molar-refractivity contribution in [3.8, 4) is 0 Å². The summed E-state index contributed by atoms with van der Waals surface area (Å²) in [5, 5.41) is 11.4. The van der Waals surface area contributed by atoms with E-state index in [1.165, 1.54) is 6.08 Å². The van der Waals surface area contributed by atoms with Crippen molar-refractivity contribution in [3.63, 3.8) is 0 Å². The predicted octanol–water partition coefficient (Wildman–Crippen LogP) is 4.77. The Balaban J connectivity index is 0.0000101. The van der Waals surface area contributed by atoms with Gasteiger partial charge in [-0.15, -0.1) is 0 Å². The van der Waals surface area contributed by atoms with E-state index in [1.54, 1.807) is 19.3 Å². The van der Waals surface area contributed by atoms with Gasteiger partial charge in [0.25, 0.3) is 0 Å². The monoisotopic (exact) mass is 723 g/mol. The average Bonchev–Trinajstić information content (AvgIpc) is 2.97. The normalized spacial score (nSPS) is 39.3. The molecule has 5 unspecified atom stereocenters. The summed E-state index contributed by atoms with van der Waals surface area (Å²) in [6.07, 6.45) is 4.43. The van der Waals surface area contributed by atoms with Crippen LogP contribution in [0.2, 0.25) is 0 Å². The van der Waals surface area contributed by atoms with Gasteiger partial charge in [-0.25, -0.2) is 6.08 Å². The van der Waals surface area contributed by atoms with Crippen molar-refractivity contribution in [2.45, 2.75) is 111 Å². The van der Waals surface area contributed by atoms with Crippen LogP contribution in [-0.2, 0) is 52.8 Å². The molecule has 0 bridgehead atoms. The van der Waals surface area contributed by atoms with Gasteiger partial charge in [0.1, 0.15) is 12.2 Å². The average molecular weight is 724 g/mol. The Morgan fingerprint density at radius 2 is 1.76 bits per heavy atom. The summed E-state index contributed by atoms with van der Waals surface area (Å²) in [6, 6.07) is 0.0398. The second-order valence-electron chi connectivity index (χ2n) is 13.1. The van der Waals surface area contributed by atoms with E-state index in [4.69, 9.17) is 30.3 Å². The van der Waals surface area contributed by atoms with Gasteiger partial charge in [0.15, 0.2) is 12.1 Å². The van der Waals surface area contributed by atoms with Crippen LogP contribution < -0.4 is 0 Å². The minimum Gasteiger partial charge on any atom is -0.516 e. The maximum Gasteiger partial charge on any atom is 0.308 e. The van der Waals surface area contributed by atoms with E-state index in [2.05, 4.69) is 11.8 Å². The zero-order chi connectivity index (χ0) is 33.1. The zero-order valence-electron chi connectivity index (χ0n) is 28.9. The van der Waals surface area contributed by atoms with Gasteiger partial charge in [0, 0.05) is 62.9 Å². The third kappa shape index (κ3) is 12.0. The Hall–Kier alpha value is -1.26. The molecule has 0 aromatic carbocycles. The Kier molecular flexibility index (Phi) is 18.7. The van der Waals surface area contributed by atoms with Crippen molar-refractivity contribution in [1.29, 1.82) is 0 Å². The molecule has 2 aliphatic rings. The van der Waals surface area contributed by atoms with Gasteiger partial charge < -0.3 is 40.3 Å². The summed E-state index contributed by atoms with van der Waals surface area (Å²) in [4.78, 5) is 28.6. The van der Waals surface area contributed by atoms with Crippen LogP contribution in [-0.4, -0.2) is 99.0 Å². The van der Waals surface area contributed by atoms with Crippen molar-refractivity contribution in [2.24, 2.45) is 29.6 Å². The van der Waals surface area contributed by atoms with E-state index in [9.17, 15) is 14.7 Å². The summed E-state index contributed by atoms with van der Waals surface area (Å²) in [5.41, 5.74) is 0.860. The van der Waals surface area contributed by atoms with Gasteiger partial charge >= 0.3 is 5.97 Å². The first kappa shape index (κ1) is 41.8. The van der Waals surface area contributed by atoms with Crippen molar-refractivity contribution in [3.05, 3.63) is 36.5 Å². The van der Waals surface area contributed by atoms with Crippen molar-refractivity contribution in [2.75, 3.05) is 34.4 Å². The van der Waals surface area contributed by atoms with Crippen molar-refractivity contribution < 1.29 is 57.9 Å². The summed E-state index contributed by atoms with van der Waals surface area (Å²) in [5.74, 6) is -1.46. The van der Waals surface area contributed by atoms with E-state index in [1.807, 2.05) is 61.7 Å². The first-order valence-corrected chi connectivity index (χ1v) is 16.1. The molecule has 0 aromatic rings. The van der Waals surface area contributed by atoms with Gasteiger partial charge in [0.05, 0.1) is 31.3 Å². The Morgan fingerprint density at radius 1 is 1.09 bits per heavy atom. The Morgan fingerprint density at radius 3 is 2.33 bits per heavy atom. The molecule has 2 heterocycles. The van der Waals surface area contributed by atoms with E-state index < -0.39 is 36.5 Å². The van der Waals surface area contributed by atoms with Crippen LogP contribution in [0, 0.1) is 36.2 Å². The fourth-order valence-electron chi connectivity index (χ4n) is 6.59. The van der Waals surface area contributed by atoms with E-state index in [-0.39, 0.29) is 86.8 Å². The molecule has 0 spiro atoms. The number of allylic oxidation sites excluding steroid dienone is 3. The number of aliphatic hydroxyl groups excluding tert-OH is 1. The minimum atomic E-state index is -1.05. The molecule has 12 atom stereocenters. The molecular weight excluding hydrogens is 665 g/mol. The molecule has 0 amide bonds. The molecule has 0 saturated carbocycles. The standard InChI is InChI=1S/C35H58NO8.Rh/c1-12-16-41-20-27-17-21(3)14-15-28(37)22(4)18-23(5)33(25(7)29(38)19-31(39)43-30(27)13-2)44-35-34(40-11)32(36(9)10)24(6)26(8)42-35;/h1,12,14-15,17,22-27,29-30,32-35,38H,13,16,18-20H2,2-11H3;/q-1;/b15-14+,21-17+;/t22-,23+,24?,25+,26?,27-,29-,30-,32?,33+,34?,35?;/m1./s1. The summed E-state index contributed by atoms with van der Waals surface area (Å²) < 4.78 is 30.6. The van der Waals surface area contributed by atoms with E-state index in [0.717, 1.165) is 5.57 Å². The number of ether oxygens (including phenoxy) is 5. The molecule has 0 aliphatic carbocycles. The largest absolute Gasteiger partial charge is 0.516 e. The number of likely N-dealkylation sites (N-methyl/N-ethyl adjacent to an activating group) is 1. The van der Waals surface area contributed by atoms with Gasteiger partial charge in [0.2, 0.25) is 0 Å². The van der Waals surface area contributed by atoms with Crippen LogP contribution in [0.25, 0.3) is 0 Å². The molecule has 2 rings (SSSR count).